The van der Waals surface area contributed by atoms with Crippen molar-refractivity contribution in [1.82, 2.24) is 10.2 Å². The van der Waals surface area contributed by atoms with Gasteiger partial charge >= 0.3 is 5.97 Å². The second kappa shape index (κ2) is 9.19. The third-order valence-electron chi connectivity index (χ3n) is 4.10. The minimum absolute atomic E-state index is 0.0987. The Balaban J connectivity index is 1.91. The first-order valence-corrected chi connectivity index (χ1v) is 8.44. The molecule has 26 heavy (non-hydrogen) atoms. The van der Waals surface area contributed by atoms with Crippen molar-refractivity contribution >= 4 is 17.8 Å². The van der Waals surface area contributed by atoms with E-state index in [0.29, 0.717) is 25.4 Å². The van der Waals surface area contributed by atoms with Crippen LogP contribution in [0.4, 0.5) is 0 Å². The molecule has 0 aromatic heterocycles. The number of carboxylic acid groups (broad SMARTS) is 1. The molecule has 1 aliphatic heterocycles. The summed E-state index contributed by atoms with van der Waals surface area (Å²) >= 11 is 0. The lowest BCUT2D eigenvalue weighted by Crippen LogP contribution is -2.51. The van der Waals surface area contributed by atoms with Crippen LogP contribution in [0.3, 0.4) is 0 Å². The van der Waals surface area contributed by atoms with Gasteiger partial charge in [-0.05, 0) is 30.7 Å². The number of carbonyl (C=O) groups is 3. The normalized spacial score (nSPS) is 19.5. The van der Waals surface area contributed by atoms with Gasteiger partial charge in [0.25, 0.3) is 0 Å². The molecule has 0 spiro atoms. The molecule has 2 amide bonds. The van der Waals surface area contributed by atoms with Gasteiger partial charge in [0.15, 0.2) is 0 Å². The summed E-state index contributed by atoms with van der Waals surface area (Å²) in [4.78, 5) is 36.0. The van der Waals surface area contributed by atoms with Crippen molar-refractivity contribution < 1.29 is 29.0 Å². The van der Waals surface area contributed by atoms with E-state index in [1.807, 2.05) is 0 Å². The predicted molar refractivity (Wildman–Crippen MR) is 93.1 cm³/mol. The van der Waals surface area contributed by atoms with Crippen molar-refractivity contribution in [3.05, 3.63) is 29.8 Å². The molecule has 0 radical (unpaired) electrons. The first-order chi connectivity index (χ1) is 12.4. The van der Waals surface area contributed by atoms with Crippen LogP contribution in [0.1, 0.15) is 29.6 Å². The highest BCUT2D eigenvalue weighted by Crippen LogP contribution is 2.19. The average Bonchev–Trinajstić information content (AvgIpc) is 2.61. The molecule has 1 aromatic rings. The summed E-state index contributed by atoms with van der Waals surface area (Å²) in [5.74, 6) is -0.803. The standard InChI is InChI=1S/C18H24N2O6/c1-20(2)17(22)8-7-16(21)19-14-9-10-25-11-15(14)26-13-5-3-12(4-6-13)18(23)24/h3-6,14-15H,7-11H2,1-2H3,(H,19,21)(H,23,24)/t14-,15-/m1/s1. The summed E-state index contributed by atoms with van der Waals surface area (Å²) < 4.78 is 11.3. The van der Waals surface area contributed by atoms with Crippen LogP contribution in [0, 0.1) is 0 Å². The first kappa shape index (κ1) is 19.7. The smallest absolute Gasteiger partial charge is 0.335 e. The SMILES string of the molecule is CN(C)C(=O)CCC(=O)N[C@@H]1CCOC[C@H]1Oc1ccc(C(=O)O)cc1. The highest BCUT2D eigenvalue weighted by atomic mass is 16.5. The van der Waals surface area contributed by atoms with Gasteiger partial charge in [0.2, 0.25) is 11.8 Å². The maximum atomic E-state index is 12.1. The summed E-state index contributed by atoms with van der Waals surface area (Å²) in [7, 11) is 3.30. The van der Waals surface area contributed by atoms with E-state index in [-0.39, 0.29) is 42.4 Å². The van der Waals surface area contributed by atoms with Gasteiger partial charge in [-0.3, -0.25) is 9.59 Å². The molecule has 1 aromatic carbocycles. The maximum absolute atomic E-state index is 12.1. The lowest BCUT2D eigenvalue weighted by Gasteiger charge is -2.32. The summed E-state index contributed by atoms with van der Waals surface area (Å²) in [6, 6.07) is 5.84. The third kappa shape index (κ3) is 5.73. The quantitative estimate of drug-likeness (QED) is 0.745. The van der Waals surface area contributed by atoms with Crippen molar-refractivity contribution in [2.24, 2.45) is 0 Å². The molecule has 1 saturated heterocycles. The Morgan fingerprint density at radius 3 is 2.54 bits per heavy atom. The van der Waals surface area contributed by atoms with E-state index in [1.54, 1.807) is 26.2 Å². The van der Waals surface area contributed by atoms with Gasteiger partial charge in [-0.1, -0.05) is 0 Å². The summed E-state index contributed by atoms with van der Waals surface area (Å²) in [5, 5.41) is 11.8. The fourth-order valence-electron chi connectivity index (χ4n) is 2.57. The molecular weight excluding hydrogens is 340 g/mol. The number of benzene rings is 1. The zero-order valence-electron chi connectivity index (χ0n) is 14.9. The fourth-order valence-corrected chi connectivity index (χ4v) is 2.57. The van der Waals surface area contributed by atoms with Gasteiger partial charge in [-0.25, -0.2) is 4.79 Å². The van der Waals surface area contributed by atoms with E-state index < -0.39 is 5.97 Å². The van der Waals surface area contributed by atoms with E-state index in [4.69, 9.17) is 14.6 Å². The summed E-state index contributed by atoms with van der Waals surface area (Å²) in [6.07, 6.45) is 0.497. The third-order valence-corrected chi connectivity index (χ3v) is 4.10. The highest BCUT2D eigenvalue weighted by Gasteiger charge is 2.29. The van der Waals surface area contributed by atoms with Crippen LogP contribution in [0.15, 0.2) is 24.3 Å². The zero-order chi connectivity index (χ0) is 19.1. The molecule has 1 heterocycles. The molecule has 1 fully saturated rings. The summed E-state index contributed by atoms with van der Waals surface area (Å²) in [6.45, 7) is 0.835. The molecular formula is C18H24N2O6. The molecule has 2 atom stereocenters. The second-order valence-electron chi connectivity index (χ2n) is 6.31. The molecule has 2 rings (SSSR count). The average molecular weight is 364 g/mol. The number of rotatable bonds is 7. The van der Waals surface area contributed by atoms with Gasteiger partial charge in [-0.15, -0.1) is 0 Å². The van der Waals surface area contributed by atoms with Gasteiger partial charge in [0.05, 0.1) is 18.2 Å². The minimum Gasteiger partial charge on any atom is -0.486 e. The van der Waals surface area contributed by atoms with Crippen LogP contribution in [0.25, 0.3) is 0 Å². The van der Waals surface area contributed by atoms with E-state index >= 15 is 0 Å². The zero-order valence-corrected chi connectivity index (χ0v) is 14.9. The Bertz CT molecular complexity index is 644. The van der Waals surface area contributed by atoms with Crippen molar-refractivity contribution in [3.63, 3.8) is 0 Å². The predicted octanol–water partition coefficient (Wildman–Crippen LogP) is 0.906. The van der Waals surface area contributed by atoms with Gasteiger partial charge < -0.3 is 24.8 Å². The van der Waals surface area contributed by atoms with Crippen molar-refractivity contribution in [3.8, 4) is 5.75 Å². The molecule has 0 unspecified atom stereocenters. The number of nitrogens with one attached hydrogen (secondary N) is 1. The van der Waals surface area contributed by atoms with Crippen LogP contribution in [-0.2, 0) is 14.3 Å². The Morgan fingerprint density at radius 2 is 1.92 bits per heavy atom. The molecule has 0 aliphatic carbocycles. The molecule has 8 nitrogen and oxygen atoms in total. The van der Waals surface area contributed by atoms with Crippen LogP contribution in [0.5, 0.6) is 5.75 Å². The largest absolute Gasteiger partial charge is 0.486 e. The number of hydrogen-bond donors (Lipinski definition) is 2. The maximum Gasteiger partial charge on any atom is 0.335 e. The number of nitrogens with zero attached hydrogens (tertiary/aromatic N) is 1. The Hall–Kier alpha value is -2.61. The molecule has 142 valence electrons. The Kier molecular flexibility index (Phi) is 6.97. The van der Waals surface area contributed by atoms with E-state index in [0.717, 1.165) is 0 Å². The molecule has 0 saturated carbocycles. The van der Waals surface area contributed by atoms with E-state index in [2.05, 4.69) is 5.32 Å². The lowest BCUT2D eigenvalue weighted by atomic mass is 10.1. The molecule has 1 aliphatic rings. The lowest BCUT2D eigenvalue weighted by molar-refractivity contribution is -0.132. The van der Waals surface area contributed by atoms with Crippen molar-refractivity contribution in [2.45, 2.75) is 31.4 Å². The summed E-state index contributed by atoms with van der Waals surface area (Å²) in [5.41, 5.74) is 0.174. The number of carboxylic acids is 1. The van der Waals surface area contributed by atoms with Crippen LogP contribution >= 0.6 is 0 Å². The number of amides is 2. The first-order valence-electron chi connectivity index (χ1n) is 8.44. The molecule has 2 N–H and O–H groups in total. The Labute approximate surface area is 152 Å². The number of hydrogen-bond acceptors (Lipinski definition) is 5. The van der Waals surface area contributed by atoms with Gasteiger partial charge in [0.1, 0.15) is 11.9 Å². The van der Waals surface area contributed by atoms with Crippen LogP contribution in [0.2, 0.25) is 0 Å². The minimum atomic E-state index is -1.00. The Morgan fingerprint density at radius 1 is 1.23 bits per heavy atom. The fraction of sp³-hybridized carbons (Fsp3) is 0.500. The van der Waals surface area contributed by atoms with Crippen LogP contribution in [-0.4, -0.2) is 67.2 Å². The van der Waals surface area contributed by atoms with Crippen molar-refractivity contribution in [2.75, 3.05) is 27.3 Å². The van der Waals surface area contributed by atoms with Crippen molar-refractivity contribution in [1.29, 1.82) is 0 Å². The van der Waals surface area contributed by atoms with Gasteiger partial charge in [0, 0.05) is 33.5 Å². The topological polar surface area (TPSA) is 105 Å². The number of aromatic carboxylic acids is 1. The monoisotopic (exact) mass is 364 g/mol. The second-order valence-corrected chi connectivity index (χ2v) is 6.31. The van der Waals surface area contributed by atoms with Crippen LogP contribution < -0.4 is 10.1 Å². The van der Waals surface area contributed by atoms with Gasteiger partial charge in [-0.2, -0.15) is 0 Å². The number of ether oxygens (including phenoxy) is 2. The highest BCUT2D eigenvalue weighted by molar-refractivity contribution is 5.87. The molecule has 0 bridgehead atoms. The number of carbonyl (C=O) groups excluding carboxylic acids is 2. The van der Waals surface area contributed by atoms with E-state index in [1.165, 1.54) is 17.0 Å². The van der Waals surface area contributed by atoms with E-state index in [9.17, 15) is 14.4 Å². The molecule has 8 heteroatoms.